The molecule has 0 saturated carbocycles. The van der Waals surface area contributed by atoms with Gasteiger partial charge in [-0.25, -0.2) is 9.69 Å². The molecular weight excluding hydrogens is 274 g/mol. The van der Waals surface area contributed by atoms with E-state index in [1.165, 1.54) is 6.08 Å². The lowest BCUT2D eigenvalue weighted by molar-refractivity contribution is -0.146. The summed E-state index contributed by atoms with van der Waals surface area (Å²) in [6, 6.07) is 6.57. The molecule has 0 spiro atoms. The number of carboxylic acid groups (broad SMARTS) is 1. The zero-order valence-corrected chi connectivity index (χ0v) is 11.1. The Labute approximate surface area is 120 Å². The van der Waals surface area contributed by atoms with Gasteiger partial charge in [0, 0.05) is 6.08 Å². The standard InChI is InChI=1S/C15H13NO5/c17-13(18)8-3-9-1-4-10(5-2-9)16-14(19)11-6-7-12(21-11)15(16)20/h1-5,8,11-12H,6-7H2,(H,17,18)/b8-3+. The summed E-state index contributed by atoms with van der Waals surface area (Å²) in [5.74, 6) is -1.70. The lowest BCUT2D eigenvalue weighted by atomic mass is 10.1. The van der Waals surface area contributed by atoms with Gasteiger partial charge in [0.25, 0.3) is 11.8 Å². The van der Waals surface area contributed by atoms with E-state index in [2.05, 4.69) is 0 Å². The van der Waals surface area contributed by atoms with Gasteiger partial charge in [0.05, 0.1) is 5.69 Å². The quantitative estimate of drug-likeness (QED) is 0.667. The van der Waals surface area contributed by atoms with Gasteiger partial charge in [-0.15, -0.1) is 0 Å². The molecule has 108 valence electrons. The summed E-state index contributed by atoms with van der Waals surface area (Å²) in [5, 5.41) is 8.57. The van der Waals surface area contributed by atoms with Crippen LogP contribution in [0.3, 0.4) is 0 Å². The number of hydrogen-bond acceptors (Lipinski definition) is 4. The lowest BCUT2D eigenvalue weighted by Gasteiger charge is -2.29. The van der Waals surface area contributed by atoms with Crippen molar-refractivity contribution in [2.45, 2.75) is 25.0 Å². The Kier molecular flexibility index (Phi) is 3.31. The second kappa shape index (κ2) is 5.14. The van der Waals surface area contributed by atoms with Gasteiger partial charge in [-0.2, -0.15) is 0 Å². The van der Waals surface area contributed by atoms with Gasteiger partial charge in [-0.3, -0.25) is 9.59 Å². The van der Waals surface area contributed by atoms with Crippen molar-refractivity contribution in [3.8, 4) is 0 Å². The number of carboxylic acids is 1. The van der Waals surface area contributed by atoms with Crippen LogP contribution in [0.2, 0.25) is 0 Å². The third-order valence-corrected chi connectivity index (χ3v) is 3.58. The summed E-state index contributed by atoms with van der Waals surface area (Å²) in [6.45, 7) is 0. The van der Waals surface area contributed by atoms with E-state index in [0.717, 1.165) is 11.0 Å². The van der Waals surface area contributed by atoms with E-state index >= 15 is 0 Å². The molecule has 3 rings (SSSR count). The first-order valence-corrected chi connectivity index (χ1v) is 6.60. The van der Waals surface area contributed by atoms with E-state index in [1.54, 1.807) is 24.3 Å². The molecule has 2 aliphatic heterocycles. The number of hydrogen-bond donors (Lipinski definition) is 1. The fourth-order valence-corrected chi connectivity index (χ4v) is 2.55. The fourth-order valence-electron chi connectivity index (χ4n) is 2.55. The molecule has 2 heterocycles. The van der Waals surface area contributed by atoms with E-state index in [1.807, 2.05) is 0 Å². The lowest BCUT2D eigenvalue weighted by Crippen LogP contribution is -2.52. The van der Waals surface area contributed by atoms with Crippen LogP contribution in [0.5, 0.6) is 0 Å². The first-order valence-electron chi connectivity index (χ1n) is 6.60. The zero-order chi connectivity index (χ0) is 15.0. The van der Waals surface area contributed by atoms with Crippen molar-refractivity contribution < 1.29 is 24.2 Å². The van der Waals surface area contributed by atoms with Crippen molar-refractivity contribution in [1.29, 1.82) is 0 Å². The number of imide groups is 1. The SMILES string of the molecule is O=C(O)/C=C/c1ccc(N2C(=O)C3CCC(O3)C2=O)cc1. The Balaban J connectivity index is 1.85. The van der Waals surface area contributed by atoms with Crippen molar-refractivity contribution in [2.24, 2.45) is 0 Å². The molecule has 2 unspecified atom stereocenters. The van der Waals surface area contributed by atoms with Gasteiger partial charge in [0.15, 0.2) is 0 Å². The number of amides is 2. The largest absolute Gasteiger partial charge is 0.478 e. The maximum absolute atomic E-state index is 12.2. The third-order valence-electron chi connectivity index (χ3n) is 3.58. The molecule has 2 saturated heterocycles. The van der Waals surface area contributed by atoms with Gasteiger partial charge in [-0.05, 0) is 36.6 Å². The molecule has 6 heteroatoms. The van der Waals surface area contributed by atoms with Gasteiger partial charge in [0.2, 0.25) is 0 Å². The van der Waals surface area contributed by atoms with Crippen molar-refractivity contribution in [3.63, 3.8) is 0 Å². The van der Waals surface area contributed by atoms with Gasteiger partial charge in [0.1, 0.15) is 12.2 Å². The highest BCUT2D eigenvalue weighted by Gasteiger charge is 2.46. The van der Waals surface area contributed by atoms with Crippen LogP contribution in [0.4, 0.5) is 5.69 Å². The summed E-state index contributed by atoms with van der Waals surface area (Å²) in [6.07, 6.45) is 2.56. The minimum atomic E-state index is -1.03. The number of morpholine rings is 1. The fraction of sp³-hybridized carbons (Fsp3) is 0.267. The second-order valence-corrected chi connectivity index (χ2v) is 4.97. The van der Waals surface area contributed by atoms with Gasteiger partial charge in [-0.1, -0.05) is 12.1 Å². The van der Waals surface area contributed by atoms with Crippen LogP contribution in [-0.2, 0) is 19.1 Å². The van der Waals surface area contributed by atoms with E-state index < -0.39 is 18.2 Å². The Morgan fingerprint density at radius 3 is 2.24 bits per heavy atom. The molecule has 1 aromatic carbocycles. The van der Waals surface area contributed by atoms with Gasteiger partial charge >= 0.3 is 5.97 Å². The normalized spacial score (nSPS) is 24.9. The Morgan fingerprint density at radius 1 is 1.14 bits per heavy atom. The monoisotopic (exact) mass is 287 g/mol. The highest BCUT2D eigenvalue weighted by Crippen LogP contribution is 2.31. The van der Waals surface area contributed by atoms with Crippen LogP contribution < -0.4 is 4.90 Å². The summed E-state index contributed by atoms with van der Waals surface area (Å²) in [4.78, 5) is 36.0. The van der Waals surface area contributed by atoms with E-state index in [-0.39, 0.29) is 11.8 Å². The summed E-state index contributed by atoms with van der Waals surface area (Å²) in [7, 11) is 0. The summed E-state index contributed by atoms with van der Waals surface area (Å²) in [5.41, 5.74) is 1.16. The minimum Gasteiger partial charge on any atom is -0.478 e. The zero-order valence-electron chi connectivity index (χ0n) is 11.1. The Bertz CT molecular complexity index is 612. The van der Waals surface area contributed by atoms with Crippen LogP contribution in [-0.4, -0.2) is 35.1 Å². The summed E-state index contributed by atoms with van der Waals surface area (Å²) >= 11 is 0. The number of aliphatic carboxylic acids is 1. The van der Waals surface area contributed by atoms with Crippen LogP contribution in [0.15, 0.2) is 30.3 Å². The average molecular weight is 287 g/mol. The number of ether oxygens (including phenoxy) is 1. The van der Waals surface area contributed by atoms with E-state index in [9.17, 15) is 14.4 Å². The third kappa shape index (κ3) is 2.45. The molecule has 1 N–H and O–H groups in total. The van der Waals surface area contributed by atoms with Crippen LogP contribution in [0.25, 0.3) is 6.08 Å². The predicted molar refractivity (Wildman–Crippen MR) is 73.5 cm³/mol. The smallest absolute Gasteiger partial charge is 0.328 e. The highest BCUT2D eigenvalue weighted by molar-refractivity contribution is 6.19. The van der Waals surface area contributed by atoms with Crippen LogP contribution in [0.1, 0.15) is 18.4 Å². The van der Waals surface area contributed by atoms with Crippen molar-refractivity contribution in [1.82, 2.24) is 0 Å². The average Bonchev–Trinajstić information content (AvgIpc) is 2.92. The number of carbonyl (C=O) groups excluding carboxylic acids is 2. The van der Waals surface area contributed by atoms with Crippen LogP contribution in [0, 0.1) is 0 Å². The maximum Gasteiger partial charge on any atom is 0.328 e. The molecule has 2 fully saturated rings. The molecule has 1 aromatic rings. The number of fused-ring (bicyclic) bond motifs is 2. The topological polar surface area (TPSA) is 83.9 Å². The Morgan fingerprint density at radius 2 is 1.71 bits per heavy atom. The number of carbonyl (C=O) groups is 3. The maximum atomic E-state index is 12.2. The van der Waals surface area contributed by atoms with Crippen molar-refractivity contribution in [2.75, 3.05) is 4.90 Å². The first-order chi connectivity index (χ1) is 10.1. The molecule has 21 heavy (non-hydrogen) atoms. The minimum absolute atomic E-state index is 0.331. The van der Waals surface area contributed by atoms with Crippen molar-refractivity contribution in [3.05, 3.63) is 35.9 Å². The first kappa shape index (κ1) is 13.5. The molecule has 2 amide bonds. The van der Waals surface area contributed by atoms with Crippen molar-refractivity contribution >= 4 is 29.5 Å². The molecule has 6 nitrogen and oxygen atoms in total. The van der Waals surface area contributed by atoms with E-state index in [4.69, 9.17) is 9.84 Å². The van der Waals surface area contributed by atoms with E-state index in [0.29, 0.717) is 24.1 Å². The molecule has 0 aromatic heterocycles. The summed E-state index contributed by atoms with van der Waals surface area (Å²) < 4.78 is 5.34. The molecule has 2 bridgehead atoms. The predicted octanol–water partition coefficient (Wildman–Crippen LogP) is 1.21. The Hall–Kier alpha value is -2.47. The second-order valence-electron chi connectivity index (χ2n) is 4.97. The molecular formula is C15H13NO5. The number of anilines is 1. The number of nitrogens with zero attached hydrogens (tertiary/aromatic N) is 1. The number of rotatable bonds is 3. The number of benzene rings is 1. The molecule has 2 aliphatic rings. The highest BCUT2D eigenvalue weighted by atomic mass is 16.5. The van der Waals surface area contributed by atoms with Gasteiger partial charge < -0.3 is 9.84 Å². The molecule has 2 atom stereocenters. The van der Waals surface area contributed by atoms with Crippen LogP contribution >= 0.6 is 0 Å². The molecule has 0 aliphatic carbocycles. The molecule has 0 radical (unpaired) electrons.